The van der Waals surface area contributed by atoms with Gasteiger partial charge in [-0.3, -0.25) is 4.98 Å². The minimum atomic E-state index is -0.612. The minimum absolute atomic E-state index is 0.158. The molecule has 90 valence electrons. The van der Waals surface area contributed by atoms with E-state index in [2.05, 4.69) is 4.98 Å². The lowest BCUT2D eigenvalue weighted by Crippen LogP contribution is -2.24. The summed E-state index contributed by atoms with van der Waals surface area (Å²) in [6, 6.07) is 5.75. The maximum Gasteiger partial charge on any atom is 0.137 e. The number of hydrogen-bond donors (Lipinski definition) is 2. The van der Waals surface area contributed by atoms with E-state index in [0.29, 0.717) is 6.42 Å². The van der Waals surface area contributed by atoms with Crippen molar-refractivity contribution in [3.05, 3.63) is 30.6 Å². The molecule has 0 amide bonds. The van der Waals surface area contributed by atoms with Crippen molar-refractivity contribution in [1.29, 1.82) is 0 Å². The van der Waals surface area contributed by atoms with Crippen LogP contribution in [0.25, 0.3) is 11.0 Å². The zero-order chi connectivity index (χ0) is 11.8. The third-order valence-electron chi connectivity index (χ3n) is 3.18. The highest BCUT2D eigenvalue weighted by Gasteiger charge is 2.34. The summed E-state index contributed by atoms with van der Waals surface area (Å²) in [5, 5.41) is 18.8. The standard InChI is InChI=1S/C12H14N2O3/c15-7-11-10(16)6-12(17-11)14-5-3-8-9(14)2-1-4-13-8/h1-5,10-12,15-16H,6-7H2/t10-,11?,12+/m0/s1. The van der Waals surface area contributed by atoms with Gasteiger partial charge in [0, 0.05) is 18.8 Å². The molecule has 1 unspecified atom stereocenters. The Morgan fingerprint density at radius 1 is 1.47 bits per heavy atom. The molecule has 0 aliphatic carbocycles. The largest absolute Gasteiger partial charge is 0.394 e. The van der Waals surface area contributed by atoms with Crippen LogP contribution in [-0.4, -0.2) is 38.6 Å². The van der Waals surface area contributed by atoms with E-state index in [9.17, 15) is 5.11 Å². The summed E-state index contributed by atoms with van der Waals surface area (Å²) in [6.07, 6.45) is 2.80. The predicted octanol–water partition coefficient (Wildman–Crippen LogP) is 0.677. The molecule has 0 saturated carbocycles. The fourth-order valence-electron chi connectivity index (χ4n) is 2.29. The summed E-state index contributed by atoms with van der Waals surface area (Å²) in [5.74, 6) is 0. The minimum Gasteiger partial charge on any atom is -0.394 e. The smallest absolute Gasteiger partial charge is 0.137 e. The van der Waals surface area contributed by atoms with E-state index in [4.69, 9.17) is 9.84 Å². The molecule has 2 aromatic heterocycles. The zero-order valence-corrected chi connectivity index (χ0v) is 9.23. The molecular formula is C12H14N2O3. The van der Waals surface area contributed by atoms with Gasteiger partial charge in [-0.05, 0) is 18.2 Å². The maximum atomic E-state index is 9.72. The second kappa shape index (κ2) is 4.10. The number of pyridine rings is 1. The lowest BCUT2D eigenvalue weighted by Gasteiger charge is -2.14. The Hall–Kier alpha value is -1.43. The van der Waals surface area contributed by atoms with Crippen molar-refractivity contribution in [3.8, 4) is 0 Å². The van der Waals surface area contributed by atoms with Crippen molar-refractivity contribution < 1.29 is 14.9 Å². The van der Waals surface area contributed by atoms with Crippen LogP contribution in [0, 0.1) is 0 Å². The fraction of sp³-hybridized carbons (Fsp3) is 0.417. The second-order valence-corrected chi connectivity index (χ2v) is 4.25. The molecule has 5 nitrogen and oxygen atoms in total. The Bertz CT molecular complexity index is 525. The van der Waals surface area contributed by atoms with Gasteiger partial charge in [0.15, 0.2) is 0 Å². The molecule has 3 atom stereocenters. The van der Waals surface area contributed by atoms with Crippen LogP contribution in [0.3, 0.4) is 0 Å². The zero-order valence-electron chi connectivity index (χ0n) is 9.23. The molecule has 2 N–H and O–H groups in total. The van der Waals surface area contributed by atoms with E-state index in [0.717, 1.165) is 11.0 Å². The molecule has 3 heterocycles. The average Bonchev–Trinajstić information content (AvgIpc) is 2.92. The molecule has 2 aromatic rings. The molecule has 0 aromatic carbocycles. The number of rotatable bonds is 2. The van der Waals surface area contributed by atoms with E-state index in [1.165, 1.54) is 0 Å². The van der Waals surface area contributed by atoms with Crippen LogP contribution in [0.15, 0.2) is 30.6 Å². The topological polar surface area (TPSA) is 67.5 Å². The number of aliphatic hydroxyl groups is 2. The molecule has 5 heteroatoms. The van der Waals surface area contributed by atoms with Crippen molar-refractivity contribution >= 4 is 11.0 Å². The van der Waals surface area contributed by atoms with Gasteiger partial charge >= 0.3 is 0 Å². The van der Waals surface area contributed by atoms with Crippen molar-refractivity contribution in [3.63, 3.8) is 0 Å². The second-order valence-electron chi connectivity index (χ2n) is 4.25. The molecule has 0 bridgehead atoms. The molecule has 0 radical (unpaired) electrons. The normalized spacial score (nSPS) is 28.9. The monoisotopic (exact) mass is 234 g/mol. The highest BCUT2D eigenvalue weighted by molar-refractivity contribution is 5.75. The number of hydrogen-bond acceptors (Lipinski definition) is 4. The van der Waals surface area contributed by atoms with Crippen LogP contribution in [-0.2, 0) is 4.74 Å². The van der Waals surface area contributed by atoms with E-state index in [1.54, 1.807) is 6.20 Å². The van der Waals surface area contributed by atoms with Crippen molar-refractivity contribution in [2.45, 2.75) is 24.9 Å². The first-order valence-corrected chi connectivity index (χ1v) is 5.65. The SMILES string of the molecule is OCC1O[C@@H](n2ccc3ncccc32)C[C@@H]1O. The summed E-state index contributed by atoms with van der Waals surface area (Å²) in [6.45, 7) is -0.158. The third kappa shape index (κ3) is 1.72. The van der Waals surface area contributed by atoms with Crippen LogP contribution < -0.4 is 0 Å². The molecule has 17 heavy (non-hydrogen) atoms. The van der Waals surface area contributed by atoms with Crippen molar-refractivity contribution in [2.75, 3.05) is 6.61 Å². The van der Waals surface area contributed by atoms with Gasteiger partial charge in [-0.1, -0.05) is 0 Å². The maximum absolute atomic E-state index is 9.72. The van der Waals surface area contributed by atoms with Gasteiger partial charge in [-0.25, -0.2) is 0 Å². The van der Waals surface area contributed by atoms with Gasteiger partial charge in [0.1, 0.15) is 12.3 Å². The van der Waals surface area contributed by atoms with Crippen LogP contribution in [0.4, 0.5) is 0 Å². The van der Waals surface area contributed by atoms with Crippen LogP contribution in [0.2, 0.25) is 0 Å². The van der Waals surface area contributed by atoms with E-state index in [-0.39, 0.29) is 12.8 Å². The highest BCUT2D eigenvalue weighted by Crippen LogP contribution is 2.31. The van der Waals surface area contributed by atoms with Gasteiger partial charge < -0.3 is 19.5 Å². The lowest BCUT2D eigenvalue weighted by atomic mass is 10.2. The third-order valence-corrected chi connectivity index (χ3v) is 3.18. The number of aromatic nitrogens is 2. The Kier molecular flexibility index (Phi) is 2.58. The van der Waals surface area contributed by atoms with E-state index >= 15 is 0 Å². The average molecular weight is 234 g/mol. The summed E-state index contributed by atoms with van der Waals surface area (Å²) in [7, 11) is 0. The molecule has 0 spiro atoms. The molecule has 3 rings (SSSR count). The van der Waals surface area contributed by atoms with Crippen LogP contribution >= 0.6 is 0 Å². The summed E-state index contributed by atoms with van der Waals surface area (Å²) in [4.78, 5) is 4.24. The molecule has 1 aliphatic heterocycles. The Morgan fingerprint density at radius 3 is 3.12 bits per heavy atom. The first-order valence-electron chi connectivity index (χ1n) is 5.65. The Labute approximate surface area is 98.3 Å². The number of nitrogens with zero attached hydrogens (tertiary/aromatic N) is 2. The van der Waals surface area contributed by atoms with Gasteiger partial charge in [-0.15, -0.1) is 0 Å². The Morgan fingerprint density at radius 2 is 2.35 bits per heavy atom. The summed E-state index contributed by atoms with van der Waals surface area (Å²) < 4.78 is 7.56. The molecule has 1 saturated heterocycles. The summed E-state index contributed by atoms with van der Waals surface area (Å²) in [5.41, 5.74) is 1.88. The molecule has 1 fully saturated rings. The first kappa shape index (κ1) is 10.7. The van der Waals surface area contributed by atoms with E-state index < -0.39 is 12.2 Å². The predicted molar refractivity (Wildman–Crippen MR) is 61.4 cm³/mol. The van der Waals surface area contributed by atoms with Gasteiger partial charge in [0.2, 0.25) is 0 Å². The number of ether oxygens (including phenoxy) is 1. The van der Waals surface area contributed by atoms with Crippen molar-refractivity contribution in [1.82, 2.24) is 9.55 Å². The quantitative estimate of drug-likeness (QED) is 0.801. The van der Waals surface area contributed by atoms with Crippen LogP contribution in [0.5, 0.6) is 0 Å². The lowest BCUT2D eigenvalue weighted by molar-refractivity contribution is -0.0429. The van der Waals surface area contributed by atoms with Crippen molar-refractivity contribution in [2.24, 2.45) is 0 Å². The highest BCUT2D eigenvalue weighted by atomic mass is 16.5. The molecule has 1 aliphatic rings. The van der Waals surface area contributed by atoms with Gasteiger partial charge in [0.05, 0.1) is 23.7 Å². The first-order chi connectivity index (χ1) is 8.29. The Balaban J connectivity index is 1.95. The van der Waals surface area contributed by atoms with Gasteiger partial charge in [0.25, 0.3) is 0 Å². The van der Waals surface area contributed by atoms with E-state index in [1.807, 2.05) is 29.0 Å². The number of aliphatic hydroxyl groups excluding tert-OH is 2. The molecular weight excluding hydrogens is 220 g/mol. The number of fused-ring (bicyclic) bond motifs is 1. The van der Waals surface area contributed by atoms with Gasteiger partial charge in [-0.2, -0.15) is 0 Å². The van der Waals surface area contributed by atoms with Crippen LogP contribution in [0.1, 0.15) is 12.6 Å². The summed E-state index contributed by atoms with van der Waals surface area (Å²) >= 11 is 0. The fourth-order valence-corrected chi connectivity index (χ4v) is 2.29.